The molecule has 1 atom stereocenters. The van der Waals surface area contributed by atoms with Gasteiger partial charge in [0.1, 0.15) is 0 Å². The molecule has 0 radical (unpaired) electrons. The lowest BCUT2D eigenvalue weighted by atomic mass is 9.98. The first-order chi connectivity index (χ1) is 7.72. The maximum Gasteiger partial charge on any atom is 0.333 e. The molecule has 1 amide bonds. The summed E-state index contributed by atoms with van der Waals surface area (Å²) in [4.78, 5) is 22.4. The minimum absolute atomic E-state index is 0.384. The van der Waals surface area contributed by atoms with Crippen molar-refractivity contribution in [2.45, 2.75) is 13.0 Å². The molecular formula is C12H9N3O. The number of carbonyl (C=O) groups is 1. The topological polar surface area (TPSA) is 46.7 Å². The van der Waals surface area contributed by atoms with Crippen LogP contribution in [0.15, 0.2) is 35.6 Å². The molecule has 0 saturated heterocycles. The van der Waals surface area contributed by atoms with Crippen molar-refractivity contribution >= 4 is 17.2 Å². The zero-order chi connectivity index (χ0) is 11.5. The van der Waals surface area contributed by atoms with Gasteiger partial charge >= 0.3 is 11.9 Å². The highest BCUT2D eigenvalue weighted by atomic mass is 16.1. The van der Waals surface area contributed by atoms with Gasteiger partial charge in [0.15, 0.2) is 0 Å². The lowest BCUT2D eigenvalue weighted by molar-refractivity contribution is -0.117. The fraction of sp³-hybridized carbons (Fsp3) is 0.167. The molecule has 1 aliphatic heterocycles. The van der Waals surface area contributed by atoms with E-state index in [2.05, 4.69) is 14.8 Å². The monoisotopic (exact) mass is 211 g/mol. The van der Waals surface area contributed by atoms with Crippen molar-refractivity contribution in [3.05, 3.63) is 47.6 Å². The van der Waals surface area contributed by atoms with Gasteiger partial charge in [-0.15, -0.1) is 0 Å². The average molecular weight is 211 g/mol. The number of allylic oxidation sites excluding steroid dienone is 1. The summed E-state index contributed by atoms with van der Waals surface area (Å²) in [5.74, 6) is -0.384. The van der Waals surface area contributed by atoms with E-state index >= 15 is 0 Å². The van der Waals surface area contributed by atoms with Gasteiger partial charge < -0.3 is 0 Å². The van der Waals surface area contributed by atoms with Gasteiger partial charge in [0.25, 0.3) is 0 Å². The van der Waals surface area contributed by atoms with Gasteiger partial charge in [-0.3, -0.25) is 14.6 Å². The standard InChI is InChI=1S/C12H9N3O/c1-8-10(9-3-5-14-6-4-9)7-11(13-2)12(16)15-8/h3-7,11H,1H3. The van der Waals surface area contributed by atoms with Crippen LogP contribution in [-0.4, -0.2) is 22.6 Å². The maximum absolute atomic E-state index is 11.4. The first-order valence-electron chi connectivity index (χ1n) is 4.80. The molecule has 2 rings (SSSR count). The Labute approximate surface area is 93.2 Å². The number of amides is 1. The molecule has 0 aromatic carbocycles. The van der Waals surface area contributed by atoms with Gasteiger partial charge in [-0.05, 0) is 24.6 Å². The van der Waals surface area contributed by atoms with Crippen molar-refractivity contribution in [3.8, 4) is 0 Å². The van der Waals surface area contributed by atoms with Gasteiger partial charge in [0.2, 0.25) is 0 Å². The van der Waals surface area contributed by atoms with Crippen LogP contribution in [0.1, 0.15) is 12.5 Å². The van der Waals surface area contributed by atoms with Crippen LogP contribution in [0.5, 0.6) is 0 Å². The van der Waals surface area contributed by atoms with Crippen molar-refractivity contribution in [2.75, 3.05) is 0 Å². The van der Waals surface area contributed by atoms with Crippen molar-refractivity contribution in [1.29, 1.82) is 0 Å². The summed E-state index contributed by atoms with van der Waals surface area (Å²) in [6.07, 6.45) is 5.01. The summed E-state index contributed by atoms with van der Waals surface area (Å²) in [6.45, 7) is 8.69. The van der Waals surface area contributed by atoms with E-state index in [9.17, 15) is 4.79 Å². The van der Waals surface area contributed by atoms with Gasteiger partial charge in [-0.1, -0.05) is 0 Å². The van der Waals surface area contributed by atoms with Crippen molar-refractivity contribution in [3.63, 3.8) is 0 Å². The first kappa shape index (κ1) is 10.2. The van der Waals surface area contributed by atoms with E-state index in [1.807, 2.05) is 12.1 Å². The molecule has 0 fully saturated rings. The summed E-state index contributed by atoms with van der Waals surface area (Å²) in [5.41, 5.74) is 2.41. The maximum atomic E-state index is 11.4. The van der Waals surface area contributed by atoms with Crippen LogP contribution in [0.3, 0.4) is 0 Å². The van der Waals surface area contributed by atoms with E-state index < -0.39 is 6.04 Å². The predicted octanol–water partition coefficient (Wildman–Crippen LogP) is 1.75. The molecule has 0 saturated carbocycles. The minimum atomic E-state index is -0.785. The van der Waals surface area contributed by atoms with E-state index in [1.54, 1.807) is 25.4 Å². The summed E-state index contributed by atoms with van der Waals surface area (Å²) in [6, 6.07) is 2.88. The molecular weight excluding hydrogens is 202 g/mol. The molecule has 1 aromatic heterocycles. The van der Waals surface area contributed by atoms with Gasteiger partial charge in [0, 0.05) is 29.8 Å². The second-order valence-corrected chi connectivity index (χ2v) is 3.43. The largest absolute Gasteiger partial charge is 0.333 e. The summed E-state index contributed by atoms with van der Waals surface area (Å²) in [7, 11) is 0. The normalized spacial score (nSPS) is 19.8. The predicted molar refractivity (Wildman–Crippen MR) is 60.7 cm³/mol. The molecule has 0 bridgehead atoms. The smallest absolute Gasteiger partial charge is 0.298 e. The Hall–Kier alpha value is -2.28. The van der Waals surface area contributed by atoms with Crippen molar-refractivity contribution < 1.29 is 4.79 Å². The summed E-state index contributed by atoms with van der Waals surface area (Å²) >= 11 is 0. The number of aliphatic imine (C=N–C) groups is 1. The van der Waals surface area contributed by atoms with Crippen LogP contribution in [0.4, 0.5) is 0 Å². The molecule has 4 heteroatoms. The number of nitrogens with zero attached hydrogens (tertiary/aromatic N) is 3. The third kappa shape index (κ3) is 1.75. The van der Waals surface area contributed by atoms with Crippen LogP contribution >= 0.6 is 0 Å². The second-order valence-electron chi connectivity index (χ2n) is 3.43. The molecule has 16 heavy (non-hydrogen) atoms. The van der Waals surface area contributed by atoms with Gasteiger partial charge in [-0.25, -0.2) is 11.6 Å². The number of hydrogen-bond donors (Lipinski definition) is 0. The molecule has 1 unspecified atom stereocenters. The number of aromatic nitrogens is 1. The van der Waals surface area contributed by atoms with E-state index in [-0.39, 0.29) is 5.91 Å². The molecule has 4 nitrogen and oxygen atoms in total. The Kier molecular flexibility index (Phi) is 2.61. The van der Waals surface area contributed by atoms with Crippen LogP contribution in [0.2, 0.25) is 0 Å². The van der Waals surface area contributed by atoms with E-state index in [1.165, 1.54) is 0 Å². The Morgan fingerprint density at radius 3 is 2.69 bits per heavy atom. The van der Waals surface area contributed by atoms with Crippen LogP contribution in [-0.2, 0) is 4.79 Å². The van der Waals surface area contributed by atoms with Crippen molar-refractivity contribution in [1.82, 2.24) is 4.98 Å². The number of hydrogen-bond acceptors (Lipinski definition) is 2. The Balaban J connectivity index is 2.46. The molecule has 0 N–H and O–H groups in total. The van der Waals surface area contributed by atoms with E-state index in [0.717, 1.165) is 11.1 Å². The fourth-order valence-corrected chi connectivity index (χ4v) is 1.57. The van der Waals surface area contributed by atoms with E-state index in [0.29, 0.717) is 5.71 Å². The highest BCUT2D eigenvalue weighted by Gasteiger charge is 2.27. The summed E-state index contributed by atoms with van der Waals surface area (Å²) in [5, 5.41) is 0. The average Bonchev–Trinajstić information content (AvgIpc) is 2.30. The number of carbonyl (C=O) groups excluding carboxylic acids is 1. The minimum Gasteiger partial charge on any atom is -0.298 e. The van der Waals surface area contributed by atoms with Crippen LogP contribution in [0.25, 0.3) is 10.4 Å². The Morgan fingerprint density at radius 1 is 1.38 bits per heavy atom. The van der Waals surface area contributed by atoms with Gasteiger partial charge in [-0.2, -0.15) is 0 Å². The third-order valence-corrected chi connectivity index (χ3v) is 2.38. The summed E-state index contributed by atoms with van der Waals surface area (Å²) < 4.78 is 0. The fourth-order valence-electron chi connectivity index (χ4n) is 1.57. The number of dihydropyridines is 1. The zero-order valence-electron chi connectivity index (χ0n) is 8.71. The first-order valence-corrected chi connectivity index (χ1v) is 4.80. The van der Waals surface area contributed by atoms with Crippen LogP contribution in [0, 0.1) is 6.57 Å². The van der Waals surface area contributed by atoms with Crippen molar-refractivity contribution in [2.24, 2.45) is 4.99 Å². The zero-order valence-corrected chi connectivity index (χ0v) is 8.71. The molecule has 1 aliphatic rings. The third-order valence-electron chi connectivity index (χ3n) is 2.38. The van der Waals surface area contributed by atoms with E-state index in [4.69, 9.17) is 6.57 Å². The lowest BCUT2D eigenvalue weighted by Crippen LogP contribution is -2.20. The molecule has 1 aromatic rings. The molecule has 0 spiro atoms. The molecule has 0 aliphatic carbocycles. The highest BCUT2D eigenvalue weighted by molar-refractivity contribution is 6.28. The number of pyridine rings is 1. The lowest BCUT2D eigenvalue weighted by Gasteiger charge is -2.11. The Morgan fingerprint density at radius 2 is 2.06 bits per heavy atom. The van der Waals surface area contributed by atoms with Crippen LogP contribution < -0.4 is 0 Å². The molecule has 78 valence electrons. The highest BCUT2D eigenvalue weighted by Crippen LogP contribution is 2.21. The Bertz CT molecular complexity index is 523. The quantitative estimate of drug-likeness (QED) is 0.664. The molecule has 2 heterocycles. The van der Waals surface area contributed by atoms with Gasteiger partial charge in [0.05, 0.1) is 0 Å². The number of rotatable bonds is 1. The second kappa shape index (κ2) is 4.07. The SMILES string of the molecule is [C-]#[N+]C1C=C(c2ccncc2)C(C)=NC1=O.